The fourth-order valence-electron chi connectivity index (χ4n) is 5.13. The lowest BCUT2D eigenvalue weighted by molar-refractivity contribution is -0.138. The van der Waals surface area contributed by atoms with Crippen molar-refractivity contribution in [2.24, 2.45) is 11.8 Å². The molecule has 0 aromatic heterocycles. The molecule has 8 heteroatoms. The molecule has 170 valence electrons. The van der Waals surface area contributed by atoms with Crippen LogP contribution in [0.5, 0.6) is 0 Å². The smallest absolute Gasteiger partial charge is 0.416 e. The van der Waals surface area contributed by atoms with Gasteiger partial charge < -0.3 is 15.0 Å². The molecular formula is C24H25F3N2O3. The molecule has 2 fully saturated rings. The predicted molar refractivity (Wildman–Crippen MR) is 114 cm³/mol. The van der Waals surface area contributed by atoms with Crippen LogP contribution >= 0.6 is 0 Å². The minimum atomic E-state index is -4.37. The maximum atomic E-state index is 13.4. The quantitative estimate of drug-likeness (QED) is 0.637. The first kappa shape index (κ1) is 22.2. The average molecular weight is 446 g/mol. The van der Waals surface area contributed by atoms with Crippen LogP contribution in [0.15, 0.2) is 42.5 Å². The van der Waals surface area contributed by atoms with Gasteiger partial charge in [-0.3, -0.25) is 0 Å². The Hall–Kier alpha value is -3.03. The summed E-state index contributed by atoms with van der Waals surface area (Å²) in [5, 5.41) is 2.83. The highest BCUT2D eigenvalue weighted by Gasteiger charge is 2.45. The third-order valence-electron chi connectivity index (χ3n) is 6.65. The summed E-state index contributed by atoms with van der Waals surface area (Å²) in [4.78, 5) is 26.7. The number of urea groups is 1. The van der Waals surface area contributed by atoms with Gasteiger partial charge in [-0.1, -0.05) is 30.3 Å². The number of carbonyl (C=O) groups is 2. The molecule has 1 N–H and O–H groups in total. The molecule has 32 heavy (non-hydrogen) atoms. The number of amides is 2. The summed E-state index contributed by atoms with van der Waals surface area (Å²) in [6, 6.07) is 10.6. The van der Waals surface area contributed by atoms with Gasteiger partial charge in [-0.2, -0.15) is 13.2 Å². The molecule has 2 amide bonds. The maximum absolute atomic E-state index is 13.4. The van der Waals surface area contributed by atoms with Gasteiger partial charge in [0.05, 0.1) is 23.9 Å². The fraction of sp³-hybridized carbons (Fsp3) is 0.417. The van der Waals surface area contributed by atoms with Crippen LogP contribution in [0, 0.1) is 18.8 Å². The van der Waals surface area contributed by atoms with Gasteiger partial charge in [0.2, 0.25) is 0 Å². The van der Waals surface area contributed by atoms with Gasteiger partial charge >= 0.3 is 18.2 Å². The number of rotatable bonds is 3. The molecule has 1 saturated heterocycles. The van der Waals surface area contributed by atoms with Crippen molar-refractivity contribution >= 4 is 17.7 Å². The van der Waals surface area contributed by atoms with E-state index < -0.39 is 17.7 Å². The van der Waals surface area contributed by atoms with E-state index in [0.717, 1.165) is 11.6 Å². The van der Waals surface area contributed by atoms with Crippen LogP contribution in [0.3, 0.4) is 0 Å². The number of carbonyl (C=O) groups excluding carboxylic acids is 2. The number of hydrogen-bond donors (Lipinski definition) is 1. The van der Waals surface area contributed by atoms with E-state index in [0.29, 0.717) is 37.2 Å². The van der Waals surface area contributed by atoms with Crippen molar-refractivity contribution in [3.8, 4) is 0 Å². The molecule has 2 aromatic carbocycles. The normalized spacial score (nSPS) is 22.5. The molecule has 1 aliphatic heterocycles. The van der Waals surface area contributed by atoms with Gasteiger partial charge in [0.15, 0.2) is 0 Å². The number of nitrogens with one attached hydrogen (secondary N) is 1. The molecule has 3 atom stereocenters. The lowest BCUT2D eigenvalue weighted by Gasteiger charge is -2.22. The summed E-state index contributed by atoms with van der Waals surface area (Å²) >= 11 is 0. The number of hydrogen-bond acceptors (Lipinski definition) is 3. The van der Waals surface area contributed by atoms with Crippen LogP contribution in [0.4, 0.5) is 23.7 Å². The zero-order valence-corrected chi connectivity index (χ0v) is 17.9. The molecule has 1 saturated carbocycles. The molecule has 0 spiro atoms. The molecule has 1 heterocycles. The van der Waals surface area contributed by atoms with Crippen molar-refractivity contribution in [2.75, 3.05) is 25.5 Å². The number of para-hydroxylation sites is 1. The topological polar surface area (TPSA) is 58.6 Å². The minimum absolute atomic E-state index is 0.156. The summed E-state index contributed by atoms with van der Waals surface area (Å²) in [6.07, 6.45) is -3.12. The number of fused-ring (bicyclic) bond motifs is 1. The van der Waals surface area contributed by atoms with E-state index in [9.17, 15) is 22.8 Å². The Morgan fingerprint density at radius 3 is 2.31 bits per heavy atom. The highest BCUT2D eigenvalue weighted by atomic mass is 19.4. The number of anilines is 1. The largest absolute Gasteiger partial charge is 0.465 e. The summed E-state index contributed by atoms with van der Waals surface area (Å²) in [5.74, 6) is -0.378. The maximum Gasteiger partial charge on any atom is 0.416 e. The van der Waals surface area contributed by atoms with Crippen LogP contribution in [0.2, 0.25) is 0 Å². The standard InChI is InChI=1S/C24H25F3N2O3/c1-14-6-5-8-19(22(30)32-2)21(14)28-23(31)29-12-16-10-15(11-17(16)13-29)18-7-3-4-9-20(18)24(25,26)27/h3-9,15-17H,10-13H2,1-2H3,(H,28,31)/t15-,16-,17+. The molecule has 4 rings (SSSR count). The zero-order chi connectivity index (χ0) is 23.0. The molecule has 0 radical (unpaired) electrons. The number of alkyl halides is 3. The Balaban J connectivity index is 1.44. The second-order valence-corrected chi connectivity index (χ2v) is 8.60. The number of ether oxygens (including phenoxy) is 1. The monoisotopic (exact) mass is 446 g/mol. The number of methoxy groups -OCH3 is 1. The number of likely N-dealkylation sites (tertiary alicyclic amines) is 1. The summed E-state index contributed by atoms with van der Waals surface area (Å²) in [6.45, 7) is 2.77. The van der Waals surface area contributed by atoms with Crippen LogP contribution in [-0.4, -0.2) is 37.1 Å². The Labute approximate surface area is 184 Å². The van der Waals surface area contributed by atoms with E-state index in [1.54, 1.807) is 42.2 Å². The van der Waals surface area contributed by atoms with Gasteiger partial charge in [0.1, 0.15) is 0 Å². The van der Waals surface area contributed by atoms with Gasteiger partial charge in [-0.05, 0) is 60.8 Å². The second kappa shape index (κ2) is 8.48. The first-order valence-corrected chi connectivity index (χ1v) is 10.6. The summed E-state index contributed by atoms with van der Waals surface area (Å²) in [5.41, 5.74) is 1.23. The molecule has 0 bridgehead atoms. The Bertz CT molecular complexity index is 1020. The van der Waals surface area contributed by atoms with Gasteiger partial charge in [0.25, 0.3) is 0 Å². The van der Waals surface area contributed by atoms with Crippen molar-refractivity contribution in [3.05, 3.63) is 64.7 Å². The fourth-order valence-corrected chi connectivity index (χ4v) is 5.13. The van der Waals surface area contributed by atoms with Crippen LogP contribution in [0.25, 0.3) is 0 Å². The first-order chi connectivity index (χ1) is 15.2. The average Bonchev–Trinajstić information content (AvgIpc) is 3.33. The highest BCUT2D eigenvalue weighted by Crippen LogP contribution is 2.48. The van der Waals surface area contributed by atoms with Crippen LogP contribution in [0.1, 0.15) is 45.8 Å². The summed E-state index contributed by atoms with van der Waals surface area (Å²) < 4.78 is 45.1. The third-order valence-corrected chi connectivity index (χ3v) is 6.65. The lowest BCUT2D eigenvalue weighted by atomic mass is 9.91. The lowest BCUT2D eigenvalue weighted by Crippen LogP contribution is -2.34. The van der Waals surface area contributed by atoms with E-state index in [-0.39, 0.29) is 29.3 Å². The SMILES string of the molecule is COC(=O)c1cccc(C)c1NC(=O)N1C[C@H]2C[C@@H](c3ccccc3C(F)(F)F)C[C@H]2C1. The molecule has 2 aromatic rings. The van der Waals surface area contributed by atoms with Crippen LogP contribution in [-0.2, 0) is 10.9 Å². The Morgan fingerprint density at radius 2 is 1.69 bits per heavy atom. The van der Waals surface area contributed by atoms with E-state index >= 15 is 0 Å². The molecular weight excluding hydrogens is 421 g/mol. The number of nitrogens with zero attached hydrogens (tertiary/aromatic N) is 1. The van der Waals surface area contributed by atoms with Crippen molar-refractivity contribution in [3.63, 3.8) is 0 Å². The number of esters is 1. The van der Waals surface area contributed by atoms with Crippen LogP contribution < -0.4 is 5.32 Å². The van der Waals surface area contributed by atoms with E-state index in [2.05, 4.69) is 5.32 Å². The van der Waals surface area contributed by atoms with Crippen molar-refractivity contribution < 1.29 is 27.5 Å². The van der Waals surface area contributed by atoms with E-state index in [1.807, 2.05) is 0 Å². The van der Waals surface area contributed by atoms with E-state index in [4.69, 9.17) is 4.74 Å². The number of halogens is 3. The Kier molecular flexibility index (Phi) is 5.88. The zero-order valence-electron chi connectivity index (χ0n) is 17.9. The van der Waals surface area contributed by atoms with Crippen molar-refractivity contribution in [1.29, 1.82) is 0 Å². The first-order valence-electron chi connectivity index (χ1n) is 10.6. The summed E-state index contributed by atoms with van der Waals surface area (Å²) in [7, 11) is 1.28. The molecule has 2 aliphatic rings. The molecule has 0 unspecified atom stereocenters. The predicted octanol–water partition coefficient (Wildman–Crippen LogP) is 5.46. The van der Waals surface area contributed by atoms with Gasteiger partial charge in [0, 0.05) is 13.1 Å². The minimum Gasteiger partial charge on any atom is -0.465 e. The third kappa shape index (κ3) is 4.18. The van der Waals surface area contributed by atoms with Gasteiger partial charge in [-0.15, -0.1) is 0 Å². The van der Waals surface area contributed by atoms with Crippen molar-refractivity contribution in [1.82, 2.24) is 4.90 Å². The highest BCUT2D eigenvalue weighted by molar-refractivity contribution is 6.01. The molecule has 1 aliphatic carbocycles. The molecule has 5 nitrogen and oxygen atoms in total. The van der Waals surface area contributed by atoms with E-state index in [1.165, 1.54) is 13.2 Å². The number of benzene rings is 2. The van der Waals surface area contributed by atoms with Gasteiger partial charge in [-0.25, -0.2) is 9.59 Å². The number of aryl methyl sites for hydroxylation is 1. The Morgan fingerprint density at radius 1 is 1.03 bits per heavy atom. The second-order valence-electron chi connectivity index (χ2n) is 8.60. The van der Waals surface area contributed by atoms with Crippen molar-refractivity contribution in [2.45, 2.75) is 31.9 Å².